The Kier molecular flexibility index (Phi) is 6.43. The molecule has 3 rings (SSSR count). The van der Waals surface area contributed by atoms with Crippen LogP contribution in [0.5, 0.6) is 0 Å². The second kappa shape index (κ2) is 9.18. The van der Waals surface area contributed by atoms with Crippen molar-refractivity contribution in [3.63, 3.8) is 0 Å². The van der Waals surface area contributed by atoms with Crippen LogP contribution in [0.1, 0.15) is 45.5 Å². The number of ether oxygens (including phenoxy) is 2. The van der Waals surface area contributed by atoms with Gasteiger partial charge >= 0.3 is 11.9 Å². The van der Waals surface area contributed by atoms with Crippen LogP contribution in [0, 0.1) is 10.1 Å². The minimum Gasteiger partial charge on any atom is -0.465 e. The van der Waals surface area contributed by atoms with E-state index < -0.39 is 16.9 Å². The molecule has 0 aliphatic carbocycles. The fourth-order valence-electron chi connectivity index (χ4n) is 3.29. The largest absolute Gasteiger partial charge is 0.465 e. The Balaban J connectivity index is 1.69. The zero-order valence-electron chi connectivity index (χ0n) is 16.1. The van der Waals surface area contributed by atoms with Gasteiger partial charge in [0.2, 0.25) is 0 Å². The lowest BCUT2D eigenvalue weighted by Gasteiger charge is -2.28. The Morgan fingerprint density at radius 2 is 1.66 bits per heavy atom. The van der Waals surface area contributed by atoms with Gasteiger partial charge in [-0.2, -0.15) is 0 Å². The van der Waals surface area contributed by atoms with Gasteiger partial charge in [0.25, 0.3) is 5.69 Å². The van der Waals surface area contributed by atoms with Gasteiger partial charge in [-0.1, -0.05) is 12.1 Å². The third kappa shape index (κ3) is 4.90. The van der Waals surface area contributed by atoms with Crippen molar-refractivity contribution in [3.8, 4) is 0 Å². The molecule has 0 atom stereocenters. The van der Waals surface area contributed by atoms with Crippen molar-refractivity contribution in [2.24, 2.45) is 0 Å². The van der Waals surface area contributed by atoms with Crippen molar-refractivity contribution in [2.45, 2.75) is 25.9 Å². The average molecular weight is 398 g/mol. The summed E-state index contributed by atoms with van der Waals surface area (Å²) in [7, 11) is 1.30. The number of hydrogen-bond acceptors (Lipinski definition) is 7. The molecule has 1 aliphatic rings. The number of rotatable bonds is 6. The van der Waals surface area contributed by atoms with E-state index in [1.807, 2.05) is 4.90 Å². The molecule has 0 spiro atoms. The summed E-state index contributed by atoms with van der Waals surface area (Å²) in [6.07, 6.45) is 3.11. The number of methoxy groups -OCH3 is 1. The minimum atomic E-state index is -0.643. The van der Waals surface area contributed by atoms with E-state index in [0.29, 0.717) is 16.8 Å². The summed E-state index contributed by atoms with van der Waals surface area (Å²) in [5.74, 6) is -1.09. The predicted octanol–water partition coefficient (Wildman–Crippen LogP) is 3.73. The highest BCUT2D eigenvalue weighted by Gasteiger charge is 2.23. The van der Waals surface area contributed by atoms with Gasteiger partial charge in [0.05, 0.1) is 23.2 Å². The number of anilines is 1. The lowest BCUT2D eigenvalue weighted by molar-refractivity contribution is -0.384. The lowest BCUT2D eigenvalue weighted by atomic mass is 10.1. The molecule has 1 aliphatic heterocycles. The van der Waals surface area contributed by atoms with Gasteiger partial charge in [-0.25, -0.2) is 9.59 Å². The molecule has 29 heavy (non-hydrogen) atoms. The first-order chi connectivity index (χ1) is 14.0. The van der Waals surface area contributed by atoms with Crippen LogP contribution < -0.4 is 4.90 Å². The van der Waals surface area contributed by atoms with Gasteiger partial charge in [0, 0.05) is 19.2 Å². The molecule has 1 heterocycles. The fourth-order valence-corrected chi connectivity index (χ4v) is 3.29. The molecular weight excluding hydrogens is 376 g/mol. The molecule has 0 bridgehead atoms. The SMILES string of the molecule is COC(=O)c1ccc(COC(=O)c2ccc(N3CCCCC3)c([N+](=O)[O-])c2)cc1. The number of hydrogen-bond donors (Lipinski definition) is 0. The summed E-state index contributed by atoms with van der Waals surface area (Å²) in [5.41, 5.74) is 1.65. The smallest absolute Gasteiger partial charge is 0.338 e. The summed E-state index contributed by atoms with van der Waals surface area (Å²) in [6, 6.07) is 10.9. The van der Waals surface area contributed by atoms with Crippen molar-refractivity contribution in [1.82, 2.24) is 0 Å². The Hall–Kier alpha value is -3.42. The number of nitrogens with zero attached hydrogens (tertiary/aromatic N) is 2. The molecule has 0 unspecified atom stereocenters. The molecular formula is C21H22N2O6. The van der Waals surface area contributed by atoms with E-state index in [0.717, 1.165) is 32.4 Å². The molecule has 1 saturated heterocycles. The Bertz CT molecular complexity index is 904. The molecule has 0 saturated carbocycles. The molecule has 0 N–H and O–H groups in total. The number of nitro groups is 1. The third-order valence-corrected chi connectivity index (χ3v) is 4.85. The van der Waals surface area contributed by atoms with Crippen LogP contribution in [0.3, 0.4) is 0 Å². The van der Waals surface area contributed by atoms with Gasteiger partial charge < -0.3 is 14.4 Å². The fraction of sp³-hybridized carbons (Fsp3) is 0.333. The topological polar surface area (TPSA) is 99.0 Å². The van der Waals surface area contributed by atoms with Crippen LogP contribution in [0.2, 0.25) is 0 Å². The quantitative estimate of drug-likeness (QED) is 0.415. The molecule has 8 nitrogen and oxygen atoms in total. The highest BCUT2D eigenvalue weighted by Crippen LogP contribution is 2.31. The van der Waals surface area contributed by atoms with Gasteiger partial charge in [-0.3, -0.25) is 10.1 Å². The van der Waals surface area contributed by atoms with Crippen molar-refractivity contribution in [3.05, 3.63) is 69.3 Å². The monoisotopic (exact) mass is 398 g/mol. The van der Waals surface area contributed by atoms with Crippen molar-refractivity contribution in [2.75, 3.05) is 25.1 Å². The number of carbonyl (C=O) groups excluding carboxylic acids is 2. The van der Waals surface area contributed by atoms with Crippen LogP contribution >= 0.6 is 0 Å². The molecule has 2 aromatic carbocycles. The highest BCUT2D eigenvalue weighted by molar-refractivity contribution is 5.91. The summed E-state index contributed by atoms with van der Waals surface area (Å²) in [6.45, 7) is 1.53. The van der Waals surface area contributed by atoms with E-state index in [2.05, 4.69) is 4.74 Å². The Morgan fingerprint density at radius 1 is 1.00 bits per heavy atom. The number of piperidine rings is 1. The first-order valence-electron chi connectivity index (χ1n) is 9.37. The summed E-state index contributed by atoms with van der Waals surface area (Å²) < 4.78 is 9.90. The van der Waals surface area contributed by atoms with E-state index in [4.69, 9.17) is 4.74 Å². The van der Waals surface area contributed by atoms with E-state index >= 15 is 0 Å². The maximum atomic E-state index is 12.4. The van der Waals surface area contributed by atoms with Crippen LogP contribution in [-0.4, -0.2) is 37.1 Å². The van der Waals surface area contributed by atoms with Crippen molar-refractivity contribution < 1.29 is 24.0 Å². The van der Waals surface area contributed by atoms with E-state index in [1.165, 1.54) is 13.2 Å². The molecule has 0 radical (unpaired) electrons. The van der Waals surface area contributed by atoms with Crippen LogP contribution in [-0.2, 0) is 16.1 Å². The van der Waals surface area contributed by atoms with Crippen LogP contribution in [0.25, 0.3) is 0 Å². The average Bonchev–Trinajstić information content (AvgIpc) is 2.77. The Labute approximate surface area is 168 Å². The standard InChI is InChI=1S/C21H22N2O6/c1-28-20(24)16-7-5-15(6-8-16)14-29-21(25)17-9-10-18(19(13-17)23(26)27)22-11-3-2-4-12-22/h5-10,13H,2-4,11-12,14H2,1H3. The van der Waals surface area contributed by atoms with Crippen molar-refractivity contribution >= 4 is 23.3 Å². The van der Waals surface area contributed by atoms with E-state index in [1.54, 1.807) is 36.4 Å². The summed E-state index contributed by atoms with van der Waals surface area (Å²) >= 11 is 0. The molecule has 8 heteroatoms. The Morgan fingerprint density at radius 3 is 2.28 bits per heavy atom. The zero-order chi connectivity index (χ0) is 20.8. The summed E-state index contributed by atoms with van der Waals surface area (Å²) in [4.78, 5) is 36.8. The number of carbonyl (C=O) groups is 2. The molecule has 0 aromatic heterocycles. The van der Waals surface area contributed by atoms with Crippen molar-refractivity contribution in [1.29, 1.82) is 0 Å². The van der Waals surface area contributed by atoms with E-state index in [9.17, 15) is 19.7 Å². The number of esters is 2. The second-order valence-electron chi connectivity index (χ2n) is 6.77. The maximum Gasteiger partial charge on any atom is 0.338 e. The second-order valence-corrected chi connectivity index (χ2v) is 6.77. The lowest BCUT2D eigenvalue weighted by Crippen LogP contribution is -2.30. The van der Waals surface area contributed by atoms with Crippen LogP contribution in [0.15, 0.2) is 42.5 Å². The van der Waals surface area contributed by atoms with Gasteiger partial charge in [0.1, 0.15) is 12.3 Å². The minimum absolute atomic E-state index is 0.0119. The molecule has 2 aromatic rings. The zero-order valence-corrected chi connectivity index (χ0v) is 16.1. The van der Waals surface area contributed by atoms with Crippen LogP contribution in [0.4, 0.5) is 11.4 Å². The third-order valence-electron chi connectivity index (χ3n) is 4.85. The maximum absolute atomic E-state index is 12.4. The molecule has 1 fully saturated rings. The van der Waals surface area contributed by atoms with E-state index in [-0.39, 0.29) is 17.9 Å². The first kappa shape index (κ1) is 20.3. The van der Waals surface area contributed by atoms with Gasteiger partial charge in [-0.15, -0.1) is 0 Å². The normalized spacial score (nSPS) is 13.6. The molecule has 152 valence electrons. The molecule has 0 amide bonds. The first-order valence-corrected chi connectivity index (χ1v) is 9.37. The predicted molar refractivity (Wildman–Crippen MR) is 106 cm³/mol. The summed E-state index contributed by atoms with van der Waals surface area (Å²) in [5, 5.41) is 11.5. The number of nitro benzene ring substituents is 1. The number of benzene rings is 2. The highest BCUT2D eigenvalue weighted by atomic mass is 16.6. The van der Waals surface area contributed by atoms with Gasteiger partial charge in [0.15, 0.2) is 0 Å². The van der Waals surface area contributed by atoms with Gasteiger partial charge in [-0.05, 0) is 49.1 Å².